The van der Waals surface area contributed by atoms with Crippen molar-refractivity contribution in [2.75, 3.05) is 0 Å². The highest BCUT2D eigenvalue weighted by Gasteiger charge is 2.28. The second-order valence-electron chi connectivity index (χ2n) is 2.85. The van der Waals surface area contributed by atoms with Crippen LogP contribution < -0.4 is 0 Å². The van der Waals surface area contributed by atoms with Crippen LogP contribution >= 0.6 is 0 Å². The number of carboxylic acid groups (broad SMARTS) is 1. The fraction of sp³-hybridized carbons (Fsp3) is 0.875. The molecule has 12 heavy (non-hydrogen) atoms. The SMILES string of the molecule is CCCCC(F)(F)CCC(=O)O. The number of carboxylic acids is 1. The molecular formula is C8H14F2O2. The molecule has 0 atom stereocenters. The Morgan fingerprint density at radius 1 is 1.42 bits per heavy atom. The summed E-state index contributed by atoms with van der Waals surface area (Å²) in [5, 5.41) is 8.17. The average Bonchev–Trinajstić information content (AvgIpc) is 1.98. The lowest BCUT2D eigenvalue weighted by Crippen LogP contribution is -2.17. The molecule has 4 heteroatoms. The van der Waals surface area contributed by atoms with Crippen molar-refractivity contribution in [2.45, 2.75) is 45.0 Å². The summed E-state index contributed by atoms with van der Waals surface area (Å²) in [6, 6.07) is 0. The molecule has 0 saturated heterocycles. The molecule has 0 amide bonds. The lowest BCUT2D eigenvalue weighted by atomic mass is 10.1. The molecule has 0 heterocycles. The number of halogens is 2. The minimum atomic E-state index is -2.80. The Morgan fingerprint density at radius 3 is 2.42 bits per heavy atom. The van der Waals surface area contributed by atoms with Gasteiger partial charge in [-0.3, -0.25) is 4.79 Å². The molecule has 0 aromatic carbocycles. The van der Waals surface area contributed by atoms with E-state index >= 15 is 0 Å². The average molecular weight is 180 g/mol. The van der Waals surface area contributed by atoms with Gasteiger partial charge in [-0.05, 0) is 6.42 Å². The highest BCUT2D eigenvalue weighted by Crippen LogP contribution is 2.26. The maximum atomic E-state index is 12.7. The molecule has 72 valence electrons. The maximum Gasteiger partial charge on any atom is 0.303 e. The minimum absolute atomic E-state index is 0.198. The van der Waals surface area contributed by atoms with Crippen LogP contribution in [0.15, 0.2) is 0 Å². The van der Waals surface area contributed by atoms with Crippen LogP contribution in [-0.2, 0) is 4.79 Å². The third-order valence-electron chi connectivity index (χ3n) is 1.60. The standard InChI is InChI=1S/C8H14F2O2/c1-2-3-5-8(9,10)6-4-7(11)12/h2-6H2,1H3,(H,11,12). The van der Waals surface area contributed by atoms with E-state index in [1.54, 1.807) is 0 Å². The summed E-state index contributed by atoms with van der Waals surface area (Å²) in [6.45, 7) is 1.83. The molecule has 0 fully saturated rings. The van der Waals surface area contributed by atoms with Crippen LogP contribution in [-0.4, -0.2) is 17.0 Å². The van der Waals surface area contributed by atoms with E-state index in [9.17, 15) is 13.6 Å². The largest absolute Gasteiger partial charge is 0.481 e. The van der Waals surface area contributed by atoms with Gasteiger partial charge >= 0.3 is 5.97 Å². The Labute approximate surface area is 70.6 Å². The van der Waals surface area contributed by atoms with Crippen molar-refractivity contribution in [1.29, 1.82) is 0 Å². The van der Waals surface area contributed by atoms with Gasteiger partial charge in [0.25, 0.3) is 0 Å². The van der Waals surface area contributed by atoms with Gasteiger partial charge in [0.1, 0.15) is 0 Å². The summed E-state index contributed by atoms with van der Waals surface area (Å²) >= 11 is 0. The Hall–Kier alpha value is -0.670. The predicted octanol–water partition coefficient (Wildman–Crippen LogP) is 2.68. The fourth-order valence-electron chi connectivity index (χ4n) is 0.850. The third kappa shape index (κ3) is 6.07. The van der Waals surface area contributed by atoms with Crippen LogP contribution in [0, 0.1) is 0 Å². The van der Waals surface area contributed by atoms with E-state index in [-0.39, 0.29) is 6.42 Å². The summed E-state index contributed by atoms with van der Waals surface area (Å²) in [6.07, 6.45) is -0.0227. The number of aliphatic carboxylic acids is 1. The molecule has 0 aliphatic heterocycles. The fourth-order valence-corrected chi connectivity index (χ4v) is 0.850. The van der Waals surface area contributed by atoms with Gasteiger partial charge in [-0.15, -0.1) is 0 Å². The van der Waals surface area contributed by atoms with Crippen LogP contribution in [0.1, 0.15) is 39.0 Å². The summed E-state index contributed by atoms with van der Waals surface area (Å²) in [5.41, 5.74) is 0. The molecule has 0 spiro atoms. The maximum absolute atomic E-state index is 12.7. The van der Waals surface area contributed by atoms with Crippen LogP contribution in [0.25, 0.3) is 0 Å². The first-order chi connectivity index (χ1) is 5.48. The van der Waals surface area contributed by atoms with E-state index in [2.05, 4.69) is 0 Å². The molecular weight excluding hydrogens is 166 g/mol. The number of hydrogen-bond donors (Lipinski definition) is 1. The zero-order valence-electron chi connectivity index (χ0n) is 7.15. The molecule has 0 aromatic rings. The Bertz CT molecular complexity index is 146. The van der Waals surface area contributed by atoms with E-state index in [4.69, 9.17) is 5.11 Å². The van der Waals surface area contributed by atoms with Crippen LogP contribution in [0.2, 0.25) is 0 Å². The summed E-state index contributed by atoms with van der Waals surface area (Å²) < 4.78 is 25.4. The van der Waals surface area contributed by atoms with Crippen molar-refractivity contribution in [3.05, 3.63) is 0 Å². The minimum Gasteiger partial charge on any atom is -0.481 e. The smallest absolute Gasteiger partial charge is 0.303 e. The van der Waals surface area contributed by atoms with Crippen LogP contribution in [0.3, 0.4) is 0 Å². The van der Waals surface area contributed by atoms with E-state index in [1.807, 2.05) is 6.92 Å². The van der Waals surface area contributed by atoms with Crippen molar-refractivity contribution in [1.82, 2.24) is 0 Å². The molecule has 2 nitrogen and oxygen atoms in total. The number of hydrogen-bond acceptors (Lipinski definition) is 1. The third-order valence-corrected chi connectivity index (χ3v) is 1.60. The molecule has 0 bridgehead atoms. The Morgan fingerprint density at radius 2 is 2.00 bits per heavy atom. The van der Waals surface area contributed by atoms with Crippen LogP contribution in [0.5, 0.6) is 0 Å². The van der Waals surface area contributed by atoms with E-state index < -0.39 is 24.7 Å². The van der Waals surface area contributed by atoms with Gasteiger partial charge in [-0.25, -0.2) is 8.78 Å². The zero-order chi connectivity index (χ0) is 9.61. The van der Waals surface area contributed by atoms with E-state index in [0.717, 1.165) is 0 Å². The number of alkyl halides is 2. The van der Waals surface area contributed by atoms with Gasteiger partial charge in [-0.2, -0.15) is 0 Å². The van der Waals surface area contributed by atoms with Gasteiger partial charge < -0.3 is 5.11 Å². The lowest BCUT2D eigenvalue weighted by molar-refractivity contribution is -0.139. The molecule has 0 aliphatic carbocycles. The van der Waals surface area contributed by atoms with E-state index in [1.165, 1.54) is 0 Å². The second kappa shape index (κ2) is 5.06. The first kappa shape index (κ1) is 11.3. The normalized spacial score (nSPS) is 11.6. The monoisotopic (exact) mass is 180 g/mol. The molecule has 0 saturated carbocycles. The Kier molecular flexibility index (Phi) is 4.78. The van der Waals surface area contributed by atoms with Crippen molar-refractivity contribution in [3.8, 4) is 0 Å². The van der Waals surface area contributed by atoms with Crippen molar-refractivity contribution >= 4 is 5.97 Å². The number of rotatable bonds is 6. The second-order valence-corrected chi connectivity index (χ2v) is 2.85. The first-order valence-corrected chi connectivity index (χ1v) is 4.07. The summed E-state index contributed by atoms with van der Waals surface area (Å²) in [4.78, 5) is 9.99. The Balaban J connectivity index is 3.63. The zero-order valence-corrected chi connectivity index (χ0v) is 7.15. The number of unbranched alkanes of at least 4 members (excludes halogenated alkanes) is 1. The molecule has 0 unspecified atom stereocenters. The topological polar surface area (TPSA) is 37.3 Å². The van der Waals surface area contributed by atoms with Gasteiger partial charge in [0.15, 0.2) is 0 Å². The predicted molar refractivity (Wildman–Crippen MR) is 41.3 cm³/mol. The van der Waals surface area contributed by atoms with Gasteiger partial charge in [0.2, 0.25) is 5.92 Å². The number of carbonyl (C=O) groups is 1. The summed E-state index contributed by atoms with van der Waals surface area (Å²) in [7, 11) is 0. The highest BCUT2D eigenvalue weighted by molar-refractivity contribution is 5.66. The molecule has 0 aromatic heterocycles. The molecule has 1 N–H and O–H groups in total. The van der Waals surface area contributed by atoms with Gasteiger partial charge in [-0.1, -0.05) is 13.3 Å². The highest BCUT2D eigenvalue weighted by atomic mass is 19.3. The van der Waals surface area contributed by atoms with Gasteiger partial charge in [0, 0.05) is 12.8 Å². The first-order valence-electron chi connectivity index (χ1n) is 4.07. The quantitative estimate of drug-likeness (QED) is 0.682. The summed E-state index contributed by atoms with van der Waals surface area (Å²) in [5.74, 6) is -3.96. The molecule has 0 aliphatic rings. The molecule has 0 rings (SSSR count). The van der Waals surface area contributed by atoms with Crippen molar-refractivity contribution in [2.24, 2.45) is 0 Å². The van der Waals surface area contributed by atoms with Crippen molar-refractivity contribution in [3.63, 3.8) is 0 Å². The van der Waals surface area contributed by atoms with Crippen molar-refractivity contribution < 1.29 is 18.7 Å². The van der Waals surface area contributed by atoms with E-state index in [0.29, 0.717) is 12.8 Å². The van der Waals surface area contributed by atoms with Gasteiger partial charge in [0.05, 0.1) is 6.42 Å². The lowest BCUT2D eigenvalue weighted by Gasteiger charge is -2.13. The molecule has 0 radical (unpaired) electrons. The van der Waals surface area contributed by atoms with Crippen LogP contribution in [0.4, 0.5) is 8.78 Å².